The Labute approximate surface area is 69.1 Å². The van der Waals surface area contributed by atoms with Crippen LogP contribution in [0.15, 0.2) is 10.8 Å². The molecule has 56 valence electrons. The molecule has 1 heterocycles. The molecule has 2 nitrogen and oxygen atoms in total. The van der Waals surface area contributed by atoms with Gasteiger partial charge in [0.1, 0.15) is 0 Å². The molecule has 0 unspecified atom stereocenters. The smallest absolute Gasteiger partial charge is 0.177 e. The molecule has 0 radical (unpaired) electrons. The molecule has 0 amide bonds. The van der Waals surface area contributed by atoms with Gasteiger partial charge in [0.05, 0.1) is 12.5 Å². The number of carbonyl (C=O) groups excluding carboxylic acids is 1. The molecule has 3 heteroatoms. The van der Waals surface area contributed by atoms with Crippen LogP contribution in [0.3, 0.4) is 0 Å². The first-order chi connectivity index (χ1) is 5.25. The van der Waals surface area contributed by atoms with E-state index in [2.05, 4.69) is 0 Å². The van der Waals surface area contributed by atoms with E-state index in [1.165, 1.54) is 11.3 Å². The molecule has 1 aromatic rings. The van der Waals surface area contributed by atoms with Crippen molar-refractivity contribution >= 4 is 17.1 Å². The van der Waals surface area contributed by atoms with E-state index in [4.69, 9.17) is 5.26 Å². The van der Waals surface area contributed by atoms with Gasteiger partial charge in [0.25, 0.3) is 0 Å². The van der Waals surface area contributed by atoms with Crippen LogP contribution in [-0.4, -0.2) is 5.78 Å². The number of nitriles is 1. The Morgan fingerprint density at radius 3 is 2.91 bits per heavy atom. The molecule has 1 rings (SSSR count). The molecule has 0 spiro atoms. The summed E-state index contributed by atoms with van der Waals surface area (Å²) in [5.74, 6) is -0.0775. The summed E-state index contributed by atoms with van der Waals surface area (Å²) in [5.41, 5.74) is 1.66. The second kappa shape index (κ2) is 3.31. The fourth-order valence-corrected chi connectivity index (χ4v) is 1.67. The van der Waals surface area contributed by atoms with Crippen molar-refractivity contribution in [3.8, 4) is 6.07 Å². The van der Waals surface area contributed by atoms with Gasteiger partial charge < -0.3 is 0 Å². The van der Waals surface area contributed by atoms with Crippen LogP contribution in [0.5, 0.6) is 0 Å². The first-order valence-electron chi connectivity index (χ1n) is 3.18. The van der Waals surface area contributed by atoms with Gasteiger partial charge in [0.15, 0.2) is 5.78 Å². The van der Waals surface area contributed by atoms with Crippen molar-refractivity contribution in [3.63, 3.8) is 0 Å². The van der Waals surface area contributed by atoms with Crippen molar-refractivity contribution in [2.75, 3.05) is 0 Å². The third-order valence-corrected chi connectivity index (χ3v) is 2.26. The van der Waals surface area contributed by atoms with Crippen LogP contribution < -0.4 is 0 Å². The molecule has 0 aliphatic heterocycles. The van der Waals surface area contributed by atoms with E-state index in [0.717, 1.165) is 5.56 Å². The van der Waals surface area contributed by atoms with Crippen LogP contribution in [0, 0.1) is 18.3 Å². The SMILES string of the molecule is Cc1cscc1C(=O)CC#N. The summed E-state index contributed by atoms with van der Waals surface area (Å²) in [6, 6.07) is 1.84. The van der Waals surface area contributed by atoms with Gasteiger partial charge in [-0.3, -0.25) is 4.79 Å². The lowest BCUT2D eigenvalue weighted by Crippen LogP contribution is -1.96. The van der Waals surface area contributed by atoms with Crippen molar-refractivity contribution in [2.45, 2.75) is 13.3 Å². The molecule has 0 N–H and O–H groups in total. The second-order valence-corrected chi connectivity index (χ2v) is 2.97. The van der Waals surface area contributed by atoms with Crippen LogP contribution in [-0.2, 0) is 0 Å². The monoisotopic (exact) mass is 165 g/mol. The van der Waals surface area contributed by atoms with E-state index in [0.29, 0.717) is 5.56 Å². The normalized spacial score (nSPS) is 9.09. The highest BCUT2D eigenvalue weighted by molar-refractivity contribution is 7.08. The highest BCUT2D eigenvalue weighted by Gasteiger charge is 2.07. The molecule has 0 aliphatic rings. The number of hydrogen-bond acceptors (Lipinski definition) is 3. The van der Waals surface area contributed by atoms with E-state index in [-0.39, 0.29) is 12.2 Å². The van der Waals surface area contributed by atoms with Gasteiger partial charge in [-0.05, 0) is 17.9 Å². The minimum Gasteiger partial charge on any atom is -0.293 e. The number of aryl methyl sites for hydroxylation is 1. The summed E-state index contributed by atoms with van der Waals surface area (Å²) < 4.78 is 0. The molecule has 0 aliphatic carbocycles. The predicted molar refractivity (Wildman–Crippen MR) is 43.6 cm³/mol. The maximum absolute atomic E-state index is 11.1. The predicted octanol–water partition coefficient (Wildman–Crippen LogP) is 2.15. The van der Waals surface area contributed by atoms with Gasteiger partial charge >= 0.3 is 0 Å². The van der Waals surface area contributed by atoms with E-state index in [1.807, 2.05) is 18.4 Å². The Morgan fingerprint density at radius 1 is 1.73 bits per heavy atom. The molecule has 0 atom stereocenters. The molecular weight excluding hydrogens is 158 g/mol. The molecule has 0 aromatic carbocycles. The Bertz CT molecular complexity index is 308. The van der Waals surface area contributed by atoms with Gasteiger partial charge in [-0.2, -0.15) is 16.6 Å². The van der Waals surface area contributed by atoms with Crippen molar-refractivity contribution in [1.82, 2.24) is 0 Å². The highest BCUT2D eigenvalue weighted by atomic mass is 32.1. The number of ketones is 1. The molecule has 0 fully saturated rings. The summed E-state index contributed by atoms with van der Waals surface area (Å²) >= 11 is 1.49. The number of nitrogens with zero attached hydrogens (tertiary/aromatic N) is 1. The Hall–Kier alpha value is -1.14. The van der Waals surface area contributed by atoms with E-state index >= 15 is 0 Å². The van der Waals surface area contributed by atoms with Gasteiger partial charge in [0.2, 0.25) is 0 Å². The minimum absolute atomic E-state index is 0.0163. The van der Waals surface area contributed by atoms with E-state index < -0.39 is 0 Å². The number of hydrogen-bond donors (Lipinski definition) is 0. The third-order valence-electron chi connectivity index (χ3n) is 1.40. The molecular formula is C8H7NOS. The second-order valence-electron chi connectivity index (χ2n) is 2.23. The van der Waals surface area contributed by atoms with Gasteiger partial charge in [0, 0.05) is 10.9 Å². The fraction of sp³-hybridized carbons (Fsp3) is 0.250. The molecule has 11 heavy (non-hydrogen) atoms. The summed E-state index contributed by atoms with van der Waals surface area (Å²) in [6.45, 7) is 1.88. The molecule has 0 bridgehead atoms. The lowest BCUT2D eigenvalue weighted by Gasteiger charge is -1.91. The average molecular weight is 165 g/mol. The first kappa shape index (κ1) is 7.96. The summed E-state index contributed by atoms with van der Waals surface area (Å²) in [4.78, 5) is 11.1. The average Bonchev–Trinajstić information content (AvgIpc) is 2.36. The van der Waals surface area contributed by atoms with Gasteiger partial charge in [-0.1, -0.05) is 0 Å². The number of Topliss-reactive ketones (excluding diaryl/α,β-unsaturated/α-hetero) is 1. The van der Waals surface area contributed by atoms with Crippen LogP contribution in [0.4, 0.5) is 0 Å². The number of rotatable bonds is 2. The fourth-order valence-electron chi connectivity index (χ4n) is 0.813. The Balaban J connectivity index is 2.86. The first-order valence-corrected chi connectivity index (χ1v) is 4.13. The topological polar surface area (TPSA) is 40.9 Å². The lowest BCUT2D eigenvalue weighted by molar-refractivity contribution is 0.0997. The largest absolute Gasteiger partial charge is 0.293 e. The van der Waals surface area contributed by atoms with Crippen molar-refractivity contribution < 1.29 is 4.79 Å². The minimum atomic E-state index is -0.0775. The molecule has 1 aromatic heterocycles. The van der Waals surface area contributed by atoms with Crippen molar-refractivity contribution in [2.24, 2.45) is 0 Å². The number of thiophene rings is 1. The molecule has 0 saturated carbocycles. The summed E-state index contributed by atoms with van der Waals surface area (Å²) in [5, 5.41) is 12.0. The zero-order valence-electron chi connectivity index (χ0n) is 6.13. The molecule has 0 saturated heterocycles. The summed E-state index contributed by atoms with van der Waals surface area (Å²) in [7, 11) is 0. The van der Waals surface area contributed by atoms with E-state index in [1.54, 1.807) is 5.38 Å². The van der Waals surface area contributed by atoms with Crippen LogP contribution in [0.1, 0.15) is 22.3 Å². The maximum atomic E-state index is 11.1. The van der Waals surface area contributed by atoms with Crippen LogP contribution in [0.25, 0.3) is 0 Å². The van der Waals surface area contributed by atoms with E-state index in [9.17, 15) is 4.79 Å². The third kappa shape index (κ3) is 1.66. The zero-order chi connectivity index (χ0) is 8.27. The Morgan fingerprint density at radius 2 is 2.45 bits per heavy atom. The highest BCUT2D eigenvalue weighted by Crippen LogP contribution is 2.14. The van der Waals surface area contributed by atoms with Crippen molar-refractivity contribution in [1.29, 1.82) is 5.26 Å². The van der Waals surface area contributed by atoms with Crippen LogP contribution >= 0.6 is 11.3 Å². The lowest BCUT2D eigenvalue weighted by atomic mass is 10.1. The Kier molecular flexibility index (Phi) is 2.40. The van der Waals surface area contributed by atoms with Gasteiger partial charge in [-0.25, -0.2) is 0 Å². The maximum Gasteiger partial charge on any atom is 0.177 e. The number of carbonyl (C=O) groups is 1. The standard InChI is InChI=1S/C8H7NOS/c1-6-4-11-5-7(6)8(10)2-3-9/h4-5H,2H2,1H3. The zero-order valence-corrected chi connectivity index (χ0v) is 6.94. The van der Waals surface area contributed by atoms with Crippen molar-refractivity contribution in [3.05, 3.63) is 21.9 Å². The van der Waals surface area contributed by atoms with Gasteiger partial charge in [-0.15, -0.1) is 0 Å². The quantitative estimate of drug-likeness (QED) is 0.630. The van der Waals surface area contributed by atoms with Crippen LogP contribution in [0.2, 0.25) is 0 Å². The summed E-state index contributed by atoms with van der Waals surface area (Å²) in [6.07, 6.45) is -0.0163.